The number of ether oxygens (including phenoxy) is 1. The summed E-state index contributed by atoms with van der Waals surface area (Å²) in [5.41, 5.74) is 2.72. The van der Waals surface area contributed by atoms with E-state index in [4.69, 9.17) is 4.74 Å². The van der Waals surface area contributed by atoms with Gasteiger partial charge in [-0.25, -0.2) is 0 Å². The van der Waals surface area contributed by atoms with Gasteiger partial charge in [-0.1, -0.05) is 0 Å². The number of methoxy groups -OCH3 is 1. The Morgan fingerprint density at radius 1 is 1.23 bits per heavy atom. The predicted octanol–water partition coefficient (Wildman–Crippen LogP) is 2.46. The fourth-order valence-corrected chi connectivity index (χ4v) is 2.63. The van der Waals surface area contributed by atoms with Crippen LogP contribution in [0, 0.1) is 0 Å². The summed E-state index contributed by atoms with van der Waals surface area (Å²) in [5, 5.41) is 3.87. The van der Waals surface area contributed by atoms with Crippen LogP contribution >= 0.6 is 0 Å². The van der Waals surface area contributed by atoms with Gasteiger partial charge in [0.15, 0.2) is 0 Å². The number of nitrogens with zero attached hydrogens (tertiary/aromatic N) is 2. The molecule has 5 nitrogen and oxygen atoms in total. The second-order valence-corrected chi connectivity index (χ2v) is 5.33. The predicted molar refractivity (Wildman–Crippen MR) is 86.1 cm³/mol. The van der Waals surface area contributed by atoms with E-state index in [1.165, 1.54) is 0 Å². The maximum absolute atomic E-state index is 12.5. The number of carbonyl (C=O) groups excluding carboxylic acids is 1. The molecular weight excluding hydrogens is 278 g/mol. The average molecular weight is 297 g/mol. The van der Waals surface area contributed by atoms with Crippen LogP contribution in [0.3, 0.4) is 0 Å². The van der Waals surface area contributed by atoms with Gasteiger partial charge in [0.05, 0.1) is 19.2 Å². The van der Waals surface area contributed by atoms with Gasteiger partial charge in [-0.05, 0) is 30.3 Å². The third-order valence-electron chi connectivity index (χ3n) is 3.92. The van der Waals surface area contributed by atoms with E-state index in [0.717, 1.165) is 22.3 Å². The van der Waals surface area contributed by atoms with E-state index < -0.39 is 0 Å². The first kappa shape index (κ1) is 14.3. The Morgan fingerprint density at radius 3 is 2.73 bits per heavy atom. The van der Waals surface area contributed by atoms with Crippen molar-refractivity contribution in [2.75, 3.05) is 7.11 Å². The van der Waals surface area contributed by atoms with Gasteiger partial charge in [-0.3, -0.25) is 4.79 Å². The van der Waals surface area contributed by atoms with Crippen molar-refractivity contribution in [1.29, 1.82) is 0 Å². The quantitative estimate of drug-likeness (QED) is 0.804. The summed E-state index contributed by atoms with van der Waals surface area (Å²) in [7, 11) is 5.52. The number of benzene rings is 1. The van der Waals surface area contributed by atoms with Gasteiger partial charge in [0.25, 0.3) is 5.91 Å². The van der Waals surface area contributed by atoms with Crippen molar-refractivity contribution in [2.45, 2.75) is 6.54 Å². The molecule has 2 heterocycles. The second-order valence-electron chi connectivity index (χ2n) is 5.33. The Balaban J connectivity index is 1.88. The fourth-order valence-electron chi connectivity index (χ4n) is 2.63. The highest BCUT2D eigenvalue weighted by atomic mass is 16.5. The van der Waals surface area contributed by atoms with Gasteiger partial charge >= 0.3 is 0 Å². The lowest BCUT2D eigenvalue weighted by Crippen LogP contribution is -2.23. The number of aryl methyl sites for hydroxylation is 2. The number of carbonyl (C=O) groups is 1. The van der Waals surface area contributed by atoms with Crippen LogP contribution in [0.5, 0.6) is 5.75 Å². The SMILES string of the molecule is COc1ccc2c(c1)c(C(=O)NCc1cccn1C)cn2C. The minimum absolute atomic E-state index is 0.0833. The average Bonchev–Trinajstić information content (AvgIpc) is 3.08. The summed E-state index contributed by atoms with van der Waals surface area (Å²) in [6.07, 6.45) is 3.81. The molecule has 2 aromatic heterocycles. The lowest BCUT2D eigenvalue weighted by atomic mass is 10.1. The van der Waals surface area contributed by atoms with Crippen molar-refractivity contribution in [3.63, 3.8) is 0 Å². The topological polar surface area (TPSA) is 48.2 Å². The van der Waals surface area contributed by atoms with Crippen molar-refractivity contribution >= 4 is 16.8 Å². The van der Waals surface area contributed by atoms with Crippen LogP contribution in [-0.4, -0.2) is 22.2 Å². The van der Waals surface area contributed by atoms with Gasteiger partial charge in [0, 0.05) is 43.1 Å². The largest absolute Gasteiger partial charge is 0.497 e. The van der Waals surface area contributed by atoms with Gasteiger partial charge in [0.1, 0.15) is 5.75 Å². The fraction of sp³-hybridized carbons (Fsp3) is 0.235. The van der Waals surface area contributed by atoms with Crippen LogP contribution in [0.15, 0.2) is 42.7 Å². The van der Waals surface area contributed by atoms with Crippen molar-refractivity contribution in [3.8, 4) is 5.75 Å². The highest BCUT2D eigenvalue weighted by Crippen LogP contribution is 2.25. The number of hydrogen-bond donors (Lipinski definition) is 1. The van der Waals surface area contributed by atoms with Gasteiger partial charge < -0.3 is 19.2 Å². The van der Waals surface area contributed by atoms with Crippen molar-refractivity contribution in [1.82, 2.24) is 14.5 Å². The Hall–Kier alpha value is -2.69. The van der Waals surface area contributed by atoms with Crippen molar-refractivity contribution in [2.24, 2.45) is 14.1 Å². The van der Waals surface area contributed by atoms with Gasteiger partial charge in [-0.2, -0.15) is 0 Å². The van der Waals surface area contributed by atoms with Crippen LogP contribution in [0.2, 0.25) is 0 Å². The first-order valence-electron chi connectivity index (χ1n) is 7.11. The molecule has 0 spiro atoms. The van der Waals surface area contributed by atoms with E-state index in [2.05, 4.69) is 5.32 Å². The zero-order valence-corrected chi connectivity index (χ0v) is 13.0. The third kappa shape index (κ3) is 2.45. The molecule has 0 bridgehead atoms. The first-order valence-corrected chi connectivity index (χ1v) is 7.11. The zero-order chi connectivity index (χ0) is 15.7. The summed E-state index contributed by atoms with van der Waals surface area (Å²) < 4.78 is 9.20. The summed E-state index contributed by atoms with van der Waals surface area (Å²) >= 11 is 0. The Labute approximate surface area is 129 Å². The lowest BCUT2D eigenvalue weighted by molar-refractivity contribution is 0.0951. The molecule has 0 aliphatic rings. The Morgan fingerprint density at radius 2 is 2.05 bits per heavy atom. The molecule has 0 saturated heterocycles. The smallest absolute Gasteiger partial charge is 0.253 e. The maximum atomic E-state index is 12.5. The summed E-state index contributed by atoms with van der Waals surface area (Å²) in [5.74, 6) is 0.662. The number of fused-ring (bicyclic) bond motifs is 1. The molecule has 0 saturated carbocycles. The molecular formula is C17H19N3O2. The molecule has 3 aromatic rings. The molecule has 1 amide bonds. The molecule has 1 aromatic carbocycles. The first-order chi connectivity index (χ1) is 10.6. The van der Waals surface area contributed by atoms with E-state index in [-0.39, 0.29) is 5.91 Å². The normalized spacial score (nSPS) is 10.9. The van der Waals surface area contributed by atoms with Gasteiger partial charge in [0.2, 0.25) is 0 Å². The van der Waals surface area contributed by atoms with E-state index in [0.29, 0.717) is 12.1 Å². The molecule has 22 heavy (non-hydrogen) atoms. The molecule has 0 atom stereocenters. The number of amides is 1. The second kappa shape index (κ2) is 5.60. The standard InChI is InChI=1S/C17H19N3O2/c1-19-8-4-5-12(19)10-18-17(21)15-11-20(2)16-7-6-13(22-3)9-14(15)16/h4-9,11H,10H2,1-3H3,(H,18,21). The number of aromatic nitrogens is 2. The molecule has 5 heteroatoms. The van der Waals surface area contributed by atoms with Gasteiger partial charge in [-0.15, -0.1) is 0 Å². The summed E-state index contributed by atoms with van der Waals surface area (Å²) in [6, 6.07) is 9.71. The zero-order valence-electron chi connectivity index (χ0n) is 13.0. The van der Waals surface area contributed by atoms with E-state index in [9.17, 15) is 4.79 Å². The Kier molecular flexibility index (Phi) is 3.63. The molecule has 0 radical (unpaired) electrons. The highest BCUT2D eigenvalue weighted by molar-refractivity contribution is 6.07. The van der Waals surface area contributed by atoms with Crippen LogP contribution in [0.4, 0.5) is 0 Å². The number of nitrogens with one attached hydrogen (secondary N) is 1. The summed E-state index contributed by atoms with van der Waals surface area (Å²) in [6.45, 7) is 0.503. The van der Waals surface area contributed by atoms with E-state index >= 15 is 0 Å². The van der Waals surface area contributed by atoms with E-state index in [1.54, 1.807) is 7.11 Å². The summed E-state index contributed by atoms with van der Waals surface area (Å²) in [4.78, 5) is 12.5. The molecule has 0 aliphatic heterocycles. The van der Waals surface area contributed by atoms with Crippen molar-refractivity contribution in [3.05, 3.63) is 54.0 Å². The Bertz CT molecular complexity index is 830. The minimum atomic E-state index is -0.0833. The lowest BCUT2D eigenvalue weighted by Gasteiger charge is -2.06. The van der Waals surface area contributed by atoms with Crippen molar-refractivity contribution < 1.29 is 9.53 Å². The molecule has 114 valence electrons. The van der Waals surface area contributed by atoms with Crippen LogP contribution in [0.25, 0.3) is 10.9 Å². The molecule has 0 aliphatic carbocycles. The maximum Gasteiger partial charge on any atom is 0.253 e. The highest BCUT2D eigenvalue weighted by Gasteiger charge is 2.14. The molecule has 1 N–H and O–H groups in total. The molecule has 0 fully saturated rings. The van der Waals surface area contributed by atoms with Crippen LogP contribution in [0.1, 0.15) is 16.1 Å². The van der Waals surface area contributed by atoms with Crippen LogP contribution in [-0.2, 0) is 20.6 Å². The molecule has 3 rings (SSSR count). The monoisotopic (exact) mass is 297 g/mol. The third-order valence-corrected chi connectivity index (χ3v) is 3.92. The number of rotatable bonds is 4. The van der Waals surface area contributed by atoms with Crippen LogP contribution < -0.4 is 10.1 Å². The molecule has 0 unspecified atom stereocenters. The minimum Gasteiger partial charge on any atom is -0.497 e. The number of hydrogen-bond acceptors (Lipinski definition) is 2. The van der Waals surface area contributed by atoms with E-state index in [1.807, 2.05) is 66.0 Å².